The van der Waals surface area contributed by atoms with Crippen LogP contribution < -0.4 is 21.1 Å². The Morgan fingerprint density at radius 1 is 1.14 bits per heavy atom. The summed E-state index contributed by atoms with van der Waals surface area (Å²) in [6.45, 7) is 13.2. The van der Waals surface area contributed by atoms with Crippen LogP contribution in [0.15, 0.2) is 22.2 Å². The van der Waals surface area contributed by atoms with Crippen molar-refractivity contribution in [3.8, 4) is 0 Å². The second kappa shape index (κ2) is 12.7. The Labute approximate surface area is 258 Å². The summed E-state index contributed by atoms with van der Waals surface area (Å²) in [4.78, 5) is 54.3. The summed E-state index contributed by atoms with van der Waals surface area (Å²) in [5, 5.41) is 14.8. The van der Waals surface area contributed by atoms with E-state index >= 15 is 0 Å². The lowest BCUT2D eigenvalue weighted by molar-refractivity contribution is -0.206. The predicted molar refractivity (Wildman–Crippen MR) is 173 cm³/mol. The number of aliphatic hydroxyl groups is 1. The first kappa shape index (κ1) is 33.1. The van der Waals surface area contributed by atoms with E-state index in [0.717, 1.165) is 25.0 Å². The number of nitrogens with zero attached hydrogens (tertiary/aromatic N) is 1. The molecule has 0 aromatic heterocycles. The largest absolute Gasteiger partial charge is 0.460 e. The van der Waals surface area contributed by atoms with Crippen molar-refractivity contribution in [1.82, 2.24) is 0 Å². The molecule has 0 saturated heterocycles. The van der Waals surface area contributed by atoms with Crippen molar-refractivity contribution >= 4 is 46.7 Å². The van der Waals surface area contributed by atoms with Gasteiger partial charge in [-0.25, -0.2) is 0 Å². The molecule has 3 aliphatic carbocycles. The summed E-state index contributed by atoms with van der Waals surface area (Å²) >= 11 is 3.22. The van der Waals surface area contributed by atoms with Crippen LogP contribution in [-0.4, -0.2) is 72.7 Å². The molecule has 1 aromatic rings. The minimum Gasteiger partial charge on any atom is -0.460 e. The van der Waals surface area contributed by atoms with Crippen LogP contribution in [0.4, 0.5) is 11.4 Å². The van der Waals surface area contributed by atoms with Crippen LogP contribution in [0.25, 0.3) is 0 Å². The summed E-state index contributed by atoms with van der Waals surface area (Å²) in [7, 11) is 0. The standard InChI is InChI=1S/C32H48N2O6S2/c1-8-30(4)17-22(31(5)19(2)9-11-32(20(3)29(30)39)12-10-21(35)28(31)32)40-23(36)18-34(14-16-42-7)25-24(26(37)27(25)38)33-13-15-41-6/h8,19-20,22,28-29,33,39H,1,9-18H2,2-7H3/t19-,20+,22-,28+,29+,30-,31+,32+/m1/s1. The number of hydrogen-bond donors (Lipinski definition) is 2. The predicted octanol–water partition coefficient (Wildman–Crippen LogP) is 4.13. The molecule has 42 heavy (non-hydrogen) atoms. The summed E-state index contributed by atoms with van der Waals surface area (Å²) in [5.74, 6) is 0.850. The van der Waals surface area contributed by atoms with Crippen LogP contribution in [-0.2, 0) is 14.3 Å². The maximum Gasteiger partial charge on any atom is 0.325 e. The van der Waals surface area contributed by atoms with Gasteiger partial charge in [-0.05, 0) is 55.4 Å². The fourth-order valence-electron chi connectivity index (χ4n) is 8.45. The smallest absolute Gasteiger partial charge is 0.325 e. The number of anilines is 2. The lowest BCUT2D eigenvalue weighted by Crippen LogP contribution is -2.63. The molecule has 2 N–H and O–H groups in total. The van der Waals surface area contributed by atoms with Crippen molar-refractivity contribution < 1.29 is 19.4 Å². The SMILES string of the molecule is C=C[C@]1(C)C[C@@H](OC(=O)CN(CCSC)c2c(NCCSC)c(=O)c2=O)[C@]2(C)[C@H](C)CC[C@]3(CCC(=O)[C@H]32)[C@@H](C)[C@@H]1O. The Kier molecular flexibility index (Phi) is 10.00. The molecule has 0 spiro atoms. The molecule has 10 heteroatoms. The Morgan fingerprint density at radius 2 is 1.83 bits per heavy atom. The van der Waals surface area contributed by atoms with E-state index in [0.29, 0.717) is 31.7 Å². The second-order valence-corrected chi connectivity index (χ2v) is 15.3. The van der Waals surface area contributed by atoms with Crippen molar-refractivity contribution in [3.05, 3.63) is 33.1 Å². The summed E-state index contributed by atoms with van der Waals surface area (Å²) in [6.07, 6.45) is 7.66. The lowest BCUT2D eigenvalue weighted by Gasteiger charge is -2.61. The van der Waals surface area contributed by atoms with Gasteiger partial charge in [0.1, 0.15) is 29.8 Å². The van der Waals surface area contributed by atoms with Gasteiger partial charge in [0, 0.05) is 47.8 Å². The van der Waals surface area contributed by atoms with E-state index in [1.54, 1.807) is 34.5 Å². The molecule has 8 atom stereocenters. The normalized spacial score (nSPS) is 36.2. The molecular formula is C32H48N2O6S2. The number of aliphatic hydroxyl groups excluding tert-OH is 1. The molecule has 0 amide bonds. The molecule has 0 radical (unpaired) electrons. The lowest BCUT2D eigenvalue weighted by atomic mass is 9.44. The molecule has 3 saturated carbocycles. The Balaban J connectivity index is 1.68. The van der Waals surface area contributed by atoms with Gasteiger partial charge in [-0.15, -0.1) is 6.58 Å². The Bertz CT molecular complexity index is 1260. The highest BCUT2D eigenvalue weighted by molar-refractivity contribution is 7.98. The number of ketones is 1. The average molecular weight is 621 g/mol. The molecule has 3 aliphatic rings. The first-order valence-electron chi connectivity index (χ1n) is 15.2. The van der Waals surface area contributed by atoms with Crippen molar-refractivity contribution in [3.63, 3.8) is 0 Å². The zero-order valence-electron chi connectivity index (χ0n) is 26.0. The molecular weight excluding hydrogens is 572 g/mol. The van der Waals surface area contributed by atoms with Crippen molar-refractivity contribution in [2.45, 2.75) is 72.0 Å². The molecule has 0 unspecified atom stereocenters. The van der Waals surface area contributed by atoms with Crippen LogP contribution in [0.1, 0.15) is 59.8 Å². The van der Waals surface area contributed by atoms with E-state index in [1.165, 1.54) is 0 Å². The number of hydrogen-bond acceptors (Lipinski definition) is 10. The molecule has 4 rings (SSSR count). The first-order valence-corrected chi connectivity index (χ1v) is 17.9. The Hall–Kier alpha value is -1.78. The van der Waals surface area contributed by atoms with Gasteiger partial charge in [-0.2, -0.15) is 23.5 Å². The minimum atomic E-state index is -0.737. The summed E-state index contributed by atoms with van der Waals surface area (Å²) in [5.41, 5.74) is -2.33. The van der Waals surface area contributed by atoms with Gasteiger partial charge >= 0.3 is 5.97 Å². The molecule has 8 nitrogen and oxygen atoms in total. The summed E-state index contributed by atoms with van der Waals surface area (Å²) in [6, 6.07) is 0. The van der Waals surface area contributed by atoms with Gasteiger partial charge in [0.05, 0.1) is 6.10 Å². The highest BCUT2D eigenvalue weighted by Gasteiger charge is 2.68. The van der Waals surface area contributed by atoms with Gasteiger partial charge in [0.15, 0.2) is 0 Å². The number of ether oxygens (including phenoxy) is 1. The van der Waals surface area contributed by atoms with Crippen molar-refractivity contribution in [2.75, 3.05) is 53.9 Å². The van der Waals surface area contributed by atoms with E-state index in [1.807, 2.05) is 19.4 Å². The van der Waals surface area contributed by atoms with Crippen LogP contribution in [0, 0.1) is 34.0 Å². The van der Waals surface area contributed by atoms with E-state index in [2.05, 4.69) is 32.7 Å². The zero-order chi connectivity index (χ0) is 31.0. The third kappa shape index (κ3) is 5.38. The molecule has 0 heterocycles. The third-order valence-electron chi connectivity index (χ3n) is 11.3. The number of Topliss-reactive ketones (excluding diaryl/α,β-unsaturated/α-hetero) is 1. The van der Waals surface area contributed by atoms with Gasteiger partial charge in [-0.1, -0.05) is 33.8 Å². The monoisotopic (exact) mass is 620 g/mol. The highest BCUT2D eigenvalue weighted by Crippen LogP contribution is 2.68. The average Bonchev–Trinajstić information content (AvgIpc) is 3.33. The molecule has 2 bridgehead atoms. The van der Waals surface area contributed by atoms with Crippen LogP contribution in [0.5, 0.6) is 0 Å². The molecule has 1 aromatic carbocycles. The zero-order valence-corrected chi connectivity index (χ0v) is 27.6. The fourth-order valence-corrected chi connectivity index (χ4v) is 9.16. The van der Waals surface area contributed by atoms with E-state index in [9.17, 15) is 24.3 Å². The first-order chi connectivity index (χ1) is 19.8. The van der Waals surface area contributed by atoms with Gasteiger partial charge in [0.2, 0.25) is 0 Å². The highest BCUT2D eigenvalue weighted by atomic mass is 32.2. The number of carbonyl (C=O) groups excluding carboxylic acids is 2. The van der Waals surface area contributed by atoms with E-state index < -0.39 is 39.9 Å². The van der Waals surface area contributed by atoms with Gasteiger partial charge in [0.25, 0.3) is 10.9 Å². The van der Waals surface area contributed by atoms with Crippen molar-refractivity contribution in [2.24, 2.45) is 34.0 Å². The molecule has 234 valence electrons. The van der Waals surface area contributed by atoms with Crippen LogP contribution >= 0.6 is 23.5 Å². The number of nitrogens with one attached hydrogen (secondary N) is 1. The quantitative estimate of drug-likeness (QED) is 0.153. The second-order valence-electron chi connectivity index (χ2n) is 13.3. The summed E-state index contributed by atoms with van der Waals surface area (Å²) < 4.78 is 6.40. The Morgan fingerprint density at radius 3 is 2.48 bits per heavy atom. The maximum atomic E-state index is 13.8. The van der Waals surface area contributed by atoms with Crippen molar-refractivity contribution in [1.29, 1.82) is 0 Å². The van der Waals surface area contributed by atoms with Crippen LogP contribution in [0.3, 0.4) is 0 Å². The van der Waals surface area contributed by atoms with Crippen LogP contribution in [0.2, 0.25) is 0 Å². The van der Waals surface area contributed by atoms with E-state index in [-0.39, 0.29) is 46.9 Å². The topological polar surface area (TPSA) is 113 Å². The third-order valence-corrected chi connectivity index (χ3v) is 12.5. The van der Waals surface area contributed by atoms with Gasteiger partial charge < -0.3 is 20.1 Å². The van der Waals surface area contributed by atoms with E-state index in [4.69, 9.17) is 4.74 Å². The number of thioether (sulfide) groups is 2. The van der Waals surface area contributed by atoms with Gasteiger partial charge in [-0.3, -0.25) is 19.2 Å². The maximum absolute atomic E-state index is 13.8. The number of esters is 1. The molecule has 3 fully saturated rings. The molecule has 0 aliphatic heterocycles. The minimum absolute atomic E-state index is 0.103. The number of carbonyl (C=O) groups is 2. The fraction of sp³-hybridized carbons (Fsp3) is 0.750. The number of rotatable bonds is 12.